The second-order valence-electron chi connectivity index (χ2n) is 4.35. The van der Waals surface area contributed by atoms with Crippen LogP contribution in [-0.4, -0.2) is 22.7 Å². The van der Waals surface area contributed by atoms with Crippen LogP contribution in [0.25, 0.3) is 11.3 Å². The number of ether oxygens (including phenoxy) is 1. The molecule has 0 saturated heterocycles. The maximum Gasteiger partial charge on any atom is 0.277 e. The minimum absolute atomic E-state index is 0.0950. The Labute approximate surface area is 121 Å². The second kappa shape index (κ2) is 6.67. The minimum atomic E-state index is -0.668. The fraction of sp³-hybridized carbons (Fsp3) is 0.214. The Bertz CT molecular complexity index is 697. The Kier molecular flexibility index (Phi) is 4.68. The van der Waals surface area contributed by atoms with Crippen LogP contribution in [0.4, 0.5) is 0 Å². The lowest BCUT2D eigenvalue weighted by atomic mass is 10.1. The fourth-order valence-corrected chi connectivity index (χ4v) is 1.77. The summed E-state index contributed by atoms with van der Waals surface area (Å²) in [4.78, 5) is 23.1. The smallest absolute Gasteiger partial charge is 0.277 e. The molecule has 7 heteroatoms. The summed E-state index contributed by atoms with van der Waals surface area (Å²) in [7, 11) is 0. The van der Waals surface area contributed by atoms with E-state index < -0.39 is 11.5 Å². The van der Waals surface area contributed by atoms with Gasteiger partial charge >= 0.3 is 0 Å². The normalized spacial score (nSPS) is 10.2. The molecule has 1 aromatic carbocycles. The highest BCUT2D eigenvalue weighted by Crippen LogP contribution is 2.22. The lowest BCUT2D eigenvalue weighted by molar-refractivity contribution is 0.0952. The molecule has 1 aromatic heterocycles. The van der Waals surface area contributed by atoms with E-state index in [0.717, 1.165) is 12.0 Å². The zero-order chi connectivity index (χ0) is 15.2. The van der Waals surface area contributed by atoms with E-state index in [-0.39, 0.29) is 5.56 Å². The molecule has 0 aliphatic rings. The monoisotopic (exact) mass is 288 g/mol. The molecule has 2 aromatic rings. The predicted molar refractivity (Wildman–Crippen MR) is 77.7 cm³/mol. The highest BCUT2D eigenvalue weighted by atomic mass is 16.5. The lowest BCUT2D eigenvalue weighted by Crippen LogP contribution is -2.34. The zero-order valence-electron chi connectivity index (χ0n) is 11.6. The molecule has 4 N–H and O–H groups in total. The van der Waals surface area contributed by atoms with Crippen LogP contribution >= 0.6 is 0 Å². The second-order valence-corrected chi connectivity index (χ2v) is 4.35. The van der Waals surface area contributed by atoms with Gasteiger partial charge in [0.1, 0.15) is 11.3 Å². The van der Waals surface area contributed by atoms with E-state index in [2.05, 4.69) is 10.2 Å². The van der Waals surface area contributed by atoms with E-state index in [1.54, 1.807) is 6.07 Å². The van der Waals surface area contributed by atoms with Crippen molar-refractivity contribution in [3.63, 3.8) is 0 Å². The fourth-order valence-electron chi connectivity index (χ4n) is 1.77. The number of rotatable bonds is 5. The number of H-pyrrole nitrogens is 1. The molecule has 0 atom stereocenters. The number of aromatic amines is 1. The minimum Gasteiger partial charge on any atom is -0.494 e. The van der Waals surface area contributed by atoms with Gasteiger partial charge in [0.15, 0.2) is 0 Å². The van der Waals surface area contributed by atoms with Crippen molar-refractivity contribution >= 4 is 5.91 Å². The summed E-state index contributed by atoms with van der Waals surface area (Å²) in [5, 5.41) is 6.22. The first-order valence-corrected chi connectivity index (χ1v) is 6.49. The van der Waals surface area contributed by atoms with Gasteiger partial charge in [-0.1, -0.05) is 19.1 Å². The molecule has 2 rings (SSSR count). The van der Waals surface area contributed by atoms with Crippen molar-refractivity contribution in [3.05, 3.63) is 46.2 Å². The Morgan fingerprint density at radius 2 is 2.24 bits per heavy atom. The first-order chi connectivity index (χ1) is 10.2. The molecule has 0 unspecified atom stereocenters. The third-order valence-electron chi connectivity index (χ3n) is 2.78. The van der Waals surface area contributed by atoms with Gasteiger partial charge < -0.3 is 4.74 Å². The van der Waals surface area contributed by atoms with Crippen molar-refractivity contribution in [2.75, 3.05) is 6.61 Å². The Hall–Kier alpha value is -2.67. The predicted octanol–water partition coefficient (Wildman–Crippen LogP) is 0.829. The number of amides is 1. The summed E-state index contributed by atoms with van der Waals surface area (Å²) in [6.45, 7) is 2.63. The van der Waals surface area contributed by atoms with Gasteiger partial charge in [-0.15, -0.1) is 0 Å². The Morgan fingerprint density at radius 3 is 2.95 bits per heavy atom. The molecule has 0 aliphatic carbocycles. The standard InChI is InChI=1S/C14H16N4O3/c1-2-6-21-10-5-3-4-9(7-10)12-8-11(13(19)16-15)14(20)18-17-12/h3-5,7-8H,2,6,15H2,1H3,(H,16,19)(H,18,20). The summed E-state index contributed by atoms with van der Waals surface area (Å²) < 4.78 is 5.54. The van der Waals surface area contributed by atoms with Gasteiger partial charge in [-0.25, -0.2) is 10.9 Å². The Balaban J connectivity index is 2.38. The molecule has 0 radical (unpaired) electrons. The molecule has 1 heterocycles. The average molecular weight is 288 g/mol. The summed E-state index contributed by atoms with van der Waals surface area (Å²) in [6, 6.07) is 8.64. The number of carbonyl (C=O) groups is 1. The van der Waals surface area contributed by atoms with Gasteiger partial charge in [-0.3, -0.25) is 15.0 Å². The molecule has 7 nitrogen and oxygen atoms in total. The molecule has 0 fully saturated rings. The van der Waals surface area contributed by atoms with Crippen LogP contribution in [0.3, 0.4) is 0 Å². The zero-order valence-corrected chi connectivity index (χ0v) is 11.6. The quantitative estimate of drug-likeness (QED) is 0.429. The van der Waals surface area contributed by atoms with Crippen LogP contribution < -0.4 is 21.6 Å². The van der Waals surface area contributed by atoms with Crippen LogP contribution in [-0.2, 0) is 0 Å². The van der Waals surface area contributed by atoms with E-state index in [0.29, 0.717) is 18.1 Å². The molecule has 0 aliphatic heterocycles. The molecule has 0 saturated carbocycles. The summed E-state index contributed by atoms with van der Waals surface area (Å²) in [5.74, 6) is 5.08. The van der Waals surface area contributed by atoms with Gasteiger partial charge in [0.05, 0.1) is 12.3 Å². The largest absolute Gasteiger partial charge is 0.494 e. The third-order valence-corrected chi connectivity index (χ3v) is 2.78. The first kappa shape index (κ1) is 14.7. The third kappa shape index (κ3) is 3.46. The molecule has 110 valence electrons. The molecule has 21 heavy (non-hydrogen) atoms. The highest BCUT2D eigenvalue weighted by molar-refractivity contribution is 5.94. The van der Waals surface area contributed by atoms with Crippen molar-refractivity contribution in [1.82, 2.24) is 15.6 Å². The van der Waals surface area contributed by atoms with Gasteiger partial charge in [0.2, 0.25) is 0 Å². The molecule has 0 bridgehead atoms. The van der Waals surface area contributed by atoms with Crippen molar-refractivity contribution in [2.24, 2.45) is 5.84 Å². The molecule has 1 amide bonds. The summed E-state index contributed by atoms with van der Waals surface area (Å²) >= 11 is 0. The van der Waals surface area contributed by atoms with Crippen LogP contribution in [0.1, 0.15) is 23.7 Å². The van der Waals surface area contributed by atoms with E-state index in [1.165, 1.54) is 6.07 Å². The number of nitrogens with one attached hydrogen (secondary N) is 2. The SMILES string of the molecule is CCCOc1cccc(-c2cc(C(=O)NN)c(=O)[nH]n2)c1. The van der Waals surface area contributed by atoms with E-state index in [1.807, 2.05) is 30.5 Å². The molecule has 0 spiro atoms. The molecular weight excluding hydrogens is 272 g/mol. The summed E-state index contributed by atoms with van der Waals surface area (Å²) in [6.07, 6.45) is 0.905. The number of nitrogens with zero attached hydrogens (tertiary/aromatic N) is 1. The van der Waals surface area contributed by atoms with Gasteiger partial charge in [0.25, 0.3) is 11.5 Å². The van der Waals surface area contributed by atoms with E-state index in [9.17, 15) is 9.59 Å². The number of nitrogen functional groups attached to an aromatic ring is 1. The van der Waals surface area contributed by atoms with E-state index >= 15 is 0 Å². The van der Waals surface area contributed by atoms with Crippen molar-refractivity contribution in [3.8, 4) is 17.0 Å². The number of hydrogen-bond acceptors (Lipinski definition) is 5. The van der Waals surface area contributed by atoms with Gasteiger partial charge in [-0.05, 0) is 24.6 Å². The highest BCUT2D eigenvalue weighted by Gasteiger charge is 2.12. The lowest BCUT2D eigenvalue weighted by Gasteiger charge is -2.07. The van der Waals surface area contributed by atoms with Crippen molar-refractivity contribution in [2.45, 2.75) is 13.3 Å². The van der Waals surface area contributed by atoms with E-state index in [4.69, 9.17) is 10.6 Å². The summed E-state index contributed by atoms with van der Waals surface area (Å²) in [5.41, 5.74) is 2.42. The number of hydrogen-bond donors (Lipinski definition) is 3. The number of carbonyl (C=O) groups excluding carboxylic acids is 1. The topological polar surface area (TPSA) is 110 Å². The first-order valence-electron chi connectivity index (χ1n) is 6.49. The van der Waals surface area contributed by atoms with Crippen LogP contribution in [0, 0.1) is 0 Å². The number of nitrogens with two attached hydrogens (primary N) is 1. The molecular formula is C14H16N4O3. The number of aromatic nitrogens is 2. The van der Waals surface area contributed by atoms with Gasteiger partial charge in [-0.2, -0.15) is 5.10 Å². The van der Waals surface area contributed by atoms with Crippen molar-refractivity contribution in [1.29, 1.82) is 0 Å². The van der Waals surface area contributed by atoms with Crippen LogP contribution in [0.5, 0.6) is 5.75 Å². The number of benzene rings is 1. The van der Waals surface area contributed by atoms with Gasteiger partial charge in [0, 0.05) is 5.56 Å². The number of hydrazine groups is 1. The van der Waals surface area contributed by atoms with Crippen LogP contribution in [0.15, 0.2) is 35.1 Å². The van der Waals surface area contributed by atoms with Crippen LogP contribution in [0.2, 0.25) is 0 Å². The van der Waals surface area contributed by atoms with Crippen molar-refractivity contribution < 1.29 is 9.53 Å². The average Bonchev–Trinajstić information content (AvgIpc) is 2.53. The maximum atomic E-state index is 11.6. The maximum absolute atomic E-state index is 11.6. The Morgan fingerprint density at radius 1 is 1.43 bits per heavy atom.